The molecule has 6 nitrogen and oxygen atoms in total. The number of imidazole rings is 1. The first kappa shape index (κ1) is 12.5. The standard InChI is InChI=1S/C10H18N4O2S/c15-17(16,8-9-3-1-2-4-11-9)14-7-10-12-5-6-13-10/h5-6,9,11,14H,1-4,7-8H2,(H,12,13). The summed E-state index contributed by atoms with van der Waals surface area (Å²) in [5, 5.41) is 3.23. The molecular weight excluding hydrogens is 240 g/mol. The van der Waals surface area contributed by atoms with Crippen molar-refractivity contribution < 1.29 is 8.42 Å². The van der Waals surface area contributed by atoms with Crippen molar-refractivity contribution in [3.8, 4) is 0 Å². The minimum Gasteiger partial charge on any atom is -0.347 e. The van der Waals surface area contributed by atoms with Crippen LogP contribution in [0.3, 0.4) is 0 Å². The summed E-state index contributed by atoms with van der Waals surface area (Å²) in [6.07, 6.45) is 6.45. The number of H-pyrrole nitrogens is 1. The summed E-state index contributed by atoms with van der Waals surface area (Å²) in [5.41, 5.74) is 0. The predicted octanol–water partition coefficient (Wildman–Crippen LogP) is -0.0288. The molecule has 1 atom stereocenters. The normalized spacial score (nSPS) is 21.5. The highest BCUT2D eigenvalue weighted by molar-refractivity contribution is 7.89. The van der Waals surface area contributed by atoms with E-state index in [2.05, 4.69) is 20.0 Å². The second kappa shape index (κ2) is 5.61. The molecule has 0 saturated carbocycles. The van der Waals surface area contributed by atoms with Gasteiger partial charge in [0.2, 0.25) is 10.0 Å². The van der Waals surface area contributed by atoms with Gasteiger partial charge in [0.1, 0.15) is 5.82 Å². The fraction of sp³-hybridized carbons (Fsp3) is 0.700. The van der Waals surface area contributed by atoms with Gasteiger partial charge in [-0.1, -0.05) is 6.42 Å². The van der Waals surface area contributed by atoms with Crippen LogP contribution in [0.4, 0.5) is 0 Å². The molecular formula is C10H18N4O2S. The molecule has 0 radical (unpaired) electrons. The third-order valence-corrected chi connectivity index (χ3v) is 4.27. The average molecular weight is 258 g/mol. The Hall–Kier alpha value is -0.920. The van der Waals surface area contributed by atoms with Crippen LogP contribution in [-0.4, -0.2) is 36.7 Å². The van der Waals surface area contributed by atoms with Crippen LogP contribution in [0.15, 0.2) is 12.4 Å². The summed E-state index contributed by atoms with van der Waals surface area (Å²) in [7, 11) is -3.23. The lowest BCUT2D eigenvalue weighted by Gasteiger charge is -2.23. The molecule has 2 rings (SSSR count). The molecule has 7 heteroatoms. The van der Waals surface area contributed by atoms with Gasteiger partial charge in [0.05, 0.1) is 12.3 Å². The summed E-state index contributed by atoms with van der Waals surface area (Å²) < 4.78 is 26.1. The maximum atomic E-state index is 11.8. The molecule has 1 aromatic heterocycles. The number of nitrogens with one attached hydrogen (secondary N) is 3. The van der Waals surface area contributed by atoms with E-state index in [0.29, 0.717) is 5.82 Å². The topological polar surface area (TPSA) is 86.9 Å². The Morgan fingerprint density at radius 2 is 2.35 bits per heavy atom. The molecule has 0 aliphatic carbocycles. The molecule has 0 spiro atoms. The Morgan fingerprint density at radius 1 is 1.47 bits per heavy atom. The lowest BCUT2D eigenvalue weighted by atomic mass is 10.1. The van der Waals surface area contributed by atoms with E-state index in [1.807, 2.05) is 0 Å². The van der Waals surface area contributed by atoms with Gasteiger partial charge in [-0.25, -0.2) is 18.1 Å². The zero-order valence-electron chi connectivity index (χ0n) is 9.65. The summed E-state index contributed by atoms with van der Waals surface area (Å²) >= 11 is 0. The van der Waals surface area contributed by atoms with Gasteiger partial charge in [-0.05, 0) is 19.4 Å². The summed E-state index contributed by atoms with van der Waals surface area (Å²) in [6, 6.07) is 0.0813. The van der Waals surface area contributed by atoms with Crippen molar-refractivity contribution in [1.82, 2.24) is 20.0 Å². The zero-order chi connectivity index (χ0) is 12.1. The van der Waals surface area contributed by atoms with E-state index >= 15 is 0 Å². The quantitative estimate of drug-likeness (QED) is 0.692. The van der Waals surface area contributed by atoms with Gasteiger partial charge in [0.25, 0.3) is 0 Å². The Bertz CT molecular complexity index is 423. The van der Waals surface area contributed by atoms with Gasteiger partial charge in [0.15, 0.2) is 0 Å². The number of nitrogens with zero attached hydrogens (tertiary/aromatic N) is 1. The van der Waals surface area contributed by atoms with Crippen molar-refractivity contribution in [2.75, 3.05) is 12.3 Å². The second-order valence-electron chi connectivity index (χ2n) is 4.29. The number of piperidine rings is 1. The van der Waals surface area contributed by atoms with E-state index in [4.69, 9.17) is 0 Å². The van der Waals surface area contributed by atoms with Gasteiger partial charge in [-0.15, -0.1) is 0 Å². The molecule has 1 aromatic rings. The minimum atomic E-state index is -3.23. The van der Waals surface area contributed by atoms with Crippen LogP contribution < -0.4 is 10.0 Å². The van der Waals surface area contributed by atoms with Crippen molar-refractivity contribution in [2.45, 2.75) is 31.8 Å². The van der Waals surface area contributed by atoms with E-state index in [0.717, 1.165) is 25.8 Å². The molecule has 1 saturated heterocycles. The zero-order valence-corrected chi connectivity index (χ0v) is 10.5. The Labute approximate surface area is 101 Å². The second-order valence-corrected chi connectivity index (χ2v) is 6.14. The smallest absolute Gasteiger partial charge is 0.213 e. The van der Waals surface area contributed by atoms with Crippen LogP contribution in [0.1, 0.15) is 25.1 Å². The number of sulfonamides is 1. The third-order valence-electron chi connectivity index (χ3n) is 2.85. The number of hydrogen-bond acceptors (Lipinski definition) is 4. The van der Waals surface area contributed by atoms with Gasteiger partial charge in [-0.3, -0.25) is 0 Å². The molecule has 17 heavy (non-hydrogen) atoms. The summed E-state index contributed by atoms with van der Waals surface area (Å²) in [4.78, 5) is 6.83. The summed E-state index contributed by atoms with van der Waals surface area (Å²) in [6.45, 7) is 1.14. The molecule has 1 unspecified atom stereocenters. The van der Waals surface area contributed by atoms with Crippen LogP contribution in [0.5, 0.6) is 0 Å². The van der Waals surface area contributed by atoms with Gasteiger partial charge < -0.3 is 10.3 Å². The van der Waals surface area contributed by atoms with Gasteiger partial charge in [-0.2, -0.15) is 0 Å². The Morgan fingerprint density at radius 3 is 3.00 bits per heavy atom. The van der Waals surface area contributed by atoms with E-state index in [9.17, 15) is 8.42 Å². The molecule has 1 fully saturated rings. The van der Waals surface area contributed by atoms with Crippen molar-refractivity contribution in [2.24, 2.45) is 0 Å². The first-order chi connectivity index (χ1) is 8.16. The first-order valence-corrected chi connectivity index (χ1v) is 7.50. The monoisotopic (exact) mass is 258 g/mol. The molecule has 0 bridgehead atoms. The van der Waals surface area contributed by atoms with Crippen LogP contribution >= 0.6 is 0 Å². The number of hydrogen-bond donors (Lipinski definition) is 3. The van der Waals surface area contributed by atoms with E-state index in [-0.39, 0.29) is 18.3 Å². The van der Waals surface area contributed by atoms with Gasteiger partial charge in [0, 0.05) is 18.4 Å². The summed E-state index contributed by atoms with van der Waals surface area (Å²) in [5.74, 6) is 0.776. The first-order valence-electron chi connectivity index (χ1n) is 5.85. The van der Waals surface area contributed by atoms with Gasteiger partial charge >= 0.3 is 0 Å². The molecule has 2 heterocycles. The minimum absolute atomic E-state index is 0.0813. The Kier molecular flexibility index (Phi) is 4.14. The largest absolute Gasteiger partial charge is 0.347 e. The maximum absolute atomic E-state index is 11.8. The highest BCUT2D eigenvalue weighted by atomic mass is 32.2. The molecule has 96 valence electrons. The van der Waals surface area contributed by atoms with Crippen molar-refractivity contribution in [3.63, 3.8) is 0 Å². The third kappa shape index (κ3) is 4.10. The highest BCUT2D eigenvalue weighted by Crippen LogP contribution is 2.08. The van der Waals surface area contributed by atoms with E-state index in [1.54, 1.807) is 12.4 Å². The highest BCUT2D eigenvalue weighted by Gasteiger charge is 2.20. The van der Waals surface area contributed by atoms with Crippen molar-refractivity contribution in [3.05, 3.63) is 18.2 Å². The fourth-order valence-corrected chi connectivity index (χ4v) is 3.25. The number of rotatable bonds is 5. The lowest BCUT2D eigenvalue weighted by molar-refractivity contribution is 0.422. The average Bonchev–Trinajstić information content (AvgIpc) is 2.80. The molecule has 1 aliphatic rings. The van der Waals surface area contributed by atoms with Crippen molar-refractivity contribution >= 4 is 10.0 Å². The van der Waals surface area contributed by atoms with Crippen LogP contribution in [0, 0.1) is 0 Å². The van der Waals surface area contributed by atoms with E-state index in [1.165, 1.54) is 0 Å². The molecule has 0 aromatic carbocycles. The fourth-order valence-electron chi connectivity index (χ4n) is 1.96. The number of aromatic amines is 1. The maximum Gasteiger partial charge on any atom is 0.213 e. The van der Waals surface area contributed by atoms with Crippen molar-refractivity contribution in [1.29, 1.82) is 0 Å². The van der Waals surface area contributed by atoms with Crippen LogP contribution in [0.2, 0.25) is 0 Å². The predicted molar refractivity (Wildman–Crippen MR) is 64.9 cm³/mol. The van der Waals surface area contributed by atoms with Crippen LogP contribution in [-0.2, 0) is 16.6 Å². The SMILES string of the molecule is O=S(=O)(CC1CCCCN1)NCc1ncc[nH]1. The lowest BCUT2D eigenvalue weighted by Crippen LogP contribution is -2.42. The van der Waals surface area contributed by atoms with Crippen LogP contribution in [0.25, 0.3) is 0 Å². The Balaban J connectivity index is 1.81. The number of aromatic nitrogens is 2. The van der Waals surface area contributed by atoms with E-state index < -0.39 is 10.0 Å². The molecule has 1 aliphatic heterocycles. The molecule has 0 amide bonds. The molecule has 3 N–H and O–H groups in total.